The topological polar surface area (TPSA) is 204 Å². The van der Waals surface area contributed by atoms with Gasteiger partial charge in [-0.15, -0.1) is 10.2 Å². The molecule has 5 aromatic carbocycles. The summed E-state index contributed by atoms with van der Waals surface area (Å²) in [5, 5.41) is 24.5. The van der Waals surface area contributed by atoms with Crippen LogP contribution in [0.1, 0.15) is 6.92 Å². The standard InChI is InChI=1S/C31H27ClN6O7S2/c1-2-38(26-15-13-21(17-23(26)32)35-31(40)34-20-8-4-3-5-9-20)46(41,42)28-11-7-6-10-25(28)36-37-30-24(33)14-12-19-16-22(47(43,44)45)18-27(39)29(19)30/h3-18,39H,2,33H2,1H3,(H2,34,35,40)(H,43,44,45). The molecule has 5 rings (SSSR count). The number of hydrogen-bond acceptors (Lipinski definition) is 9. The molecule has 0 aliphatic rings. The van der Waals surface area contributed by atoms with E-state index in [-0.39, 0.29) is 50.0 Å². The molecule has 0 aliphatic heterocycles. The van der Waals surface area contributed by atoms with E-state index in [1.165, 1.54) is 48.5 Å². The van der Waals surface area contributed by atoms with Crippen LogP contribution in [0.3, 0.4) is 0 Å². The number of nitrogens with one attached hydrogen (secondary N) is 2. The molecule has 0 saturated heterocycles. The number of fused-ring (bicyclic) bond motifs is 1. The maximum absolute atomic E-state index is 14.0. The summed E-state index contributed by atoms with van der Waals surface area (Å²) in [7, 11) is -8.92. The molecule has 0 aliphatic carbocycles. The summed E-state index contributed by atoms with van der Waals surface area (Å²) in [6.45, 7) is 1.60. The number of carbonyl (C=O) groups is 1. The number of para-hydroxylation sites is 1. The highest BCUT2D eigenvalue weighted by Gasteiger charge is 2.28. The van der Waals surface area contributed by atoms with Crippen LogP contribution in [-0.4, -0.2) is 39.1 Å². The monoisotopic (exact) mass is 694 g/mol. The zero-order valence-corrected chi connectivity index (χ0v) is 26.9. The van der Waals surface area contributed by atoms with E-state index < -0.39 is 36.8 Å². The molecule has 0 heterocycles. The van der Waals surface area contributed by atoms with Gasteiger partial charge < -0.3 is 21.5 Å². The van der Waals surface area contributed by atoms with Gasteiger partial charge in [0.1, 0.15) is 22.0 Å². The first-order chi connectivity index (χ1) is 22.3. The minimum absolute atomic E-state index is 0.0188. The molecular weight excluding hydrogens is 668 g/mol. The largest absolute Gasteiger partial charge is 0.507 e. The van der Waals surface area contributed by atoms with Crippen molar-refractivity contribution in [2.24, 2.45) is 10.2 Å². The predicted octanol–water partition coefficient (Wildman–Crippen LogP) is 7.30. The molecule has 13 nitrogen and oxygen atoms in total. The second-order valence-corrected chi connectivity index (χ2v) is 13.6. The number of amides is 2. The number of hydrogen-bond donors (Lipinski definition) is 5. The summed E-state index contributed by atoms with van der Waals surface area (Å²) >= 11 is 6.54. The maximum atomic E-state index is 14.0. The first kappa shape index (κ1) is 33.2. The van der Waals surface area contributed by atoms with Crippen molar-refractivity contribution in [3.63, 3.8) is 0 Å². The number of benzene rings is 5. The highest BCUT2D eigenvalue weighted by Crippen LogP contribution is 2.41. The van der Waals surface area contributed by atoms with Gasteiger partial charge in [0.2, 0.25) is 0 Å². The van der Waals surface area contributed by atoms with Gasteiger partial charge in [-0.05, 0) is 66.9 Å². The third kappa shape index (κ3) is 7.12. The number of carbonyl (C=O) groups excluding carboxylic acids is 1. The maximum Gasteiger partial charge on any atom is 0.323 e. The highest BCUT2D eigenvalue weighted by atomic mass is 35.5. The van der Waals surface area contributed by atoms with Gasteiger partial charge in [0, 0.05) is 24.0 Å². The zero-order chi connectivity index (χ0) is 33.9. The lowest BCUT2D eigenvalue weighted by atomic mass is 10.1. The second-order valence-electron chi connectivity index (χ2n) is 9.97. The van der Waals surface area contributed by atoms with E-state index in [4.69, 9.17) is 17.3 Å². The summed E-state index contributed by atoms with van der Waals surface area (Å²) in [6.07, 6.45) is 0. The van der Waals surface area contributed by atoms with Crippen LogP contribution < -0.4 is 20.7 Å². The number of azo groups is 1. The van der Waals surface area contributed by atoms with Crippen LogP contribution in [0.2, 0.25) is 5.02 Å². The summed E-state index contributed by atoms with van der Waals surface area (Å²) in [6, 6.07) is 23.3. The van der Waals surface area contributed by atoms with Gasteiger partial charge in [0.05, 0.1) is 26.7 Å². The number of anilines is 4. The molecule has 5 aromatic rings. The van der Waals surface area contributed by atoms with Crippen molar-refractivity contribution in [1.29, 1.82) is 0 Å². The minimum Gasteiger partial charge on any atom is -0.507 e. The van der Waals surface area contributed by atoms with Crippen LogP contribution in [0.5, 0.6) is 5.75 Å². The van der Waals surface area contributed by atoms with Crippen molar-refractivity contribution >= 4 is 82.7 Å². The Morgan fingerprint density at radius 3 is 2.23 bits per heavy atom. The van der Waals surface area contributed by atoms with E-state index in [1.54, 1.807) is 37.3 Å². The highest BCUT2D eigenvalue weighted by molar-refractivity contribution is 7.93. The fourth-order valence-electron chi connectivity index (χ4n) is 4.72. The lowest BCUT2D eigenvalue weighted by Crippen LogP contribution is -2.31. The van der Waals surface area contributed by atoms with Crippen LogP contribution in [0.25, 0.3) is 10.8 Å². The van der Waals surface area contributed by atoms with Gasteiger partial charge in [-0.3, -0.25) is 8.86 Å². The van der Waals surface area contributed by atoms with Gasteiger partial charge in [0.25, 0.3) is 20.1 Å². The van der Waals surface area contributed by atoms with Crippen LogP contribution in [0, 0.1) is 0 Å². The van der Waals surface area contributed by atoms with Crippen LogP contribution >= 0.6 is 11.6 Å². The zero-order valence-electron chi connectivity index (χ0n) is 24.5. The van der Waals surface area contributed by atoms with E-state index >= 15 is 0 Å². The Hall–Kier alpha value is -5.22. The first-order valence-electron chi connectivity index (χ1n) is 13.8. The quantitative estimate of drug-likeness (QED) is 0.0600. The number of phenols is 1. The molecule has 6 N–H and O–H groups in total. The number of sulfonamides is 1. The van der Waals surface area contributed by atoms with Crippen LogP contribution in [0.4, 0.5) is 38.9 Å². The lowest BCUT2D eigenvalue weighted by Gasteiger charge is -2.25. The molecule has 47 heavy (non-hydrogen) atoms. The summed E-state index contributed by atoms with van der Waals surface area (Å²) < 4.78 is 61.8. The molecular formula is C31H27ClN6O7S2. The normalized spacial score (nSPS) is 11.9. The molecule has 0 atom stereocenters. The third-order valence-electron chi connectivity index (χ3n) is 6.86. The average Bonchev–Trinajstić information content (AvgIpc) is 3.02. The smallest absolute Gasteiger partial charge is 0.323 e. The van der Waals surface area contributed by atoms with E-state index in [0.717, 1.165) is 16.4 Å². The lowest BCUT2D eigenvalue weighted by molar-refractivity contribution is 0.262. The summed E-state index contributed by atoms with van der Waals surface area (Å²) in [5.74, 6) is -0.542. The minimum atomic E-state index is -4.62. The molecule has 0 unspecified atom stereocenters. The number of aromatic hydroxyl groups is 1. The van der Waals surface area contributed by atoms with E-state index in [2.05, 4.69) is 20.9 Å². The van der Waals surface area contributed by atoms with Crippen LogP contribution in [0.15, 0.2) is 117 Å². The molecule has 0 fully saturated rings. The van der Waals surface area contributed by atoms with Gasteiger partial charge in [-0.2, -0.15) is 8.42 Å². The van der Waals surface area contributed by atoms with E-state index in [0.29, 0.717) is 11.4 Å². The SMILES string of the molecule is CCN(c1ccc(NC(=O)Nc2ccccc2)cc1Cl)S(=O)(=O)c1ccccc1N=Nc1c(N)ccc2cc(S(=O)(=O)O)cc(O)c12. The van der Waals surface area contributed by atoms with Crippen molar-refractivity contribution in [1.82, 2.24) is 0 Å². The Labute approximate surface area is 275 Å². The second kappa shape index (κ2) is 13.3. The first-order valence-corrected chi connectivity index (χ1v) is 17.0. The number of urea groups is 1. The Bertz CT molecular complexity index is 2250. The van der Waals surface area contributed by atoms with E-state index in [1.807, 2.05) is 6.07 Å². The van der Waals surface area contributed by atoms with Crippen molar-refractivity contribution in [2.45, 2.75) is 16.7 Å². The summed E-state index contributed by atoms with van der Waals surface area (Å²) in [5.41, 5.74) is 7.10. The van der Waals surface area contributed by atoms with Crippen LogP contribution in [-0.2, 0) is 20.1 Å². The van der Waals surface area contributed by atoms with Crippen molar-refractivity contribution < 1.29 is 31.3 Å². The molecule has 242 valence electrons. The van der Waals surface area contributed by atoms with Crippen molar-refractivity contribution in [3.8, 4) is 5.75 Å². The number of rotatable bonds is 9. The molecule has 16 heteroatoms. The predicted molar refractivity (Wildman–Crippen MR) is 181 cm³/mol. The number of nitrogens with zero attached hydrogens (tertiary/aromatic N) is 3. The average molecular weight is 695 g/mol. The molecule has 0 aromatic heterocycles. The Morgan fingerprint density at radius 1 is 0.872 bits per heavy atom. The van der Waals surface area contributed by atoms with Crippen molar-refractivity contribution in [2.75, 3.05) is 27.2 Å². The van der Waals surface area contributed by atoms with Crippen molar-refractivity contribution in [3.05, 3.63) is 102 Å². The molecule has 0 bridgehead atoms. The van der Waals surface area contributed by atoms with Gasteiger partial charge in [-0.1, -0.05) is 48.0 Å². The number of nitrogens with two attached hydrogens (primary N) is 1. The number of nitrogen functional groups attached to an aromatic ring is 1. The van der Waals surface area contributed by atoms with Gasteiger partial charge in [-0.25, -0.2) is 13.2 Å². The fourth-order valence-corrected chi connectivity index (χ4v) is 7.21. The molecule has 2 amide bonds. The van der Waals surface area contributed by atoms with E-state index in [9.17, 15) is 31.3 Å². The molecule has 0 saturated carbocycles. The van der Waals surface area contributed by atoms with Gasteiger partial charge >= 0.3 is 6.03 Å². The molecule has 0 radical (unpaired) electrons. The number of phenolic OH excluding ortho intramolecular Hbond substituents is 1. The fraction of sp³-hybridized carbons (Fsp3) is 0.0645. The Balaban J connectivity index is 1.46. The molecule has 0 spiro atoms. The van der Waals surface area contributed by atoms with Gasteiger partial charge in [0.15, 0.2) is 0 Å². The number of halogens is 1. The third-order valence-corrected chi connectivity index (χ3v) is 9.93. The summed E-state index contributed by atoms with van der Waals surface area (Å²) in [4.78, 5) is 11.7. The Morgan fingerprint density at radius 2 is 1.55 bits per heavy atom. The Kier molecular flexibility index (Phi) is 9.35.